The van der Waals surface area contributed by atoms with Gasteiger partial charge in [0, 0.05) is 32.5 Å². The van der Waals surface area contributed by atoms with E-state index in [0.717, 1.165) is 28.9 Å². The van der Waals surface area contributed by atoms with Crippen molar-refractivity contribution < 1.29 is 20.1 Å². The minimum absolute atomic E-state index is 0. The Morgan fingerprint density at radius 3 is 2.08 bits per heavy atom. The molecule has 0 aliphatic heterocycles. The van der Waals surface area contributed by atoms with Crippen LogP contribution in [0.3, 0.4) is 0 Å². The first kappa shape index (κ1) is 31.4. The summed E-state index contributed by atoms with van der Waals surface area (Å²) in [7, 11) is -1.30. The van der Waals surface area contributed by atoms with Crippen LogP contribution in [0.15, 0.2) is 103 Å². The zero-order chi connectivity index (χ0) is 27.8. The predicted molar refractivity (Wildman–Crippen MR) is 169 cm³/mol. The Morgan fingerprint density at radius 2 is 1.43 bits per heavy atom. The molecule has 0 amide bonds. The second-order valence-electron chi connectivity index (χ2n) is 11.1. The molecule has 0 N–H and O–H groups in total. The first-order valence-corrected chi connectivity index (χ1v) is 17.3. The molecule has 0 aliphatic rings. The topological polar surface area (TPSA) is 25.8 Å². The molecule has 1 radical (unpaired) electrons. The molecule has 3 aromatic carbocycles. The summed E-state index contributed by atoms with van der Waals surface area (Å²) in [4.78, 5) is 9.13. The molecule has 0 spiro atoms. The summed E-state index contributed by atoms with van der Waals surface area (Å²) in [6.07, 6.45) is 5.02. The average Bonchev–Trinajstić information content (AvgIpc) is 2.97. The fourth-order valence-corrected chi connectivity index (χ4v) is 6.21. The van der Waals surface area contributed by atoms with Crippen LogP contribution in [0, 0.1) is 12.1 Å². The van der Waals surface area contributed by atoms with E-state index in [0.29, 0.717) is 5.92 Å². The molecule has 0 unspecified atom stereocenters. The van der Waals surface area contributed by atoms with Gasteiger partial charge in [0.2, 0.25) is 0 Å². The molecule has 5 rings (SSSR count). The minimum atomic E-state index is -1.30. The summed E-state index contributed by atoms with van der Waals surface area (Å²) in [5.74, 6) is 0.510. The van der Waals surface area contributed by atoms with Crippen molar-refractivity contribution in [3.63, 3.8) is 0 Å². The Bertz CT molecular complexity index is 1490. The van der Waals surface area contributed by atoms with Crippen molar-refractivity contribution in [1.82, 2.24) is 9.97 Å². The van der Waals surface area contributed by atoms with Gasteiger partial charge in [-0.1, -0.05) is 88.4 Å². The van der Waals surface area contributed by atoms with Gasteiger partial charge in [-0.15, -0.1) is 71.3 Å². The van der Waals surface area contributed by atoms with Gasteiger partial charge in [0.15, 0.2) is 0 Å². The summed E-state index contributed by atoms with van der Waals surface area (Å²) in [6, 6.07) is 37.6. The van der Waals surface area contributed by atoms with Gasteiger partial charge in [0.1, 0.15) is 0 Å². The van der Waals surface area contributed by atoms with Gasteiger partial charge in [-0.2, -0.15) is 0 Å². The first-order chi connectivity index (χ1) is 18.8. The van der Waals surface area contributed by atoms with E-state index in [4.69, 9.17) is 0 Å². The van der Waals surface area contributed by atoms with Gasteiger partial charge >= 0.3 is 0 Å². The summed E-state index contributed by atoms with van der Waals surface area (Å²) in [5, 5.41) is 1.48. The van der Waals surface area contributed by atoms with Crippen molar-refractivity contribution >= 4 is 13.3 Å². The van der Waals surface area contributed by atoms with Crippen molar-refractivity contribution in [1.29, 1.82) is 0 Å². The normalized spacial score (nSPS) is 10.9. The Hall–Kier alpha value is -3.17. The van der Waals surface area contributed by atoms with Crippen molar-refractivity contribution in [2.24, 2.45) is 0 Å². The van der Waals surface area contributed by atoms with Gasteiger partial charge in [-0.25, -0.2) is 0 Å². The molecule has 0 bridgehead atoms. The standard InChI is InChI=1S/C20H18N.C16H20NSi.Ir/c1-15(2)17-9-6-10-19(13-17)20-14-18(11-12-21-20)16-7-4-3-5-8-16;1-5-13-11-15(14-9-7-6-8-10-14)17-12-16(13)18(2,3)4;/h3-9,11-15H,1-2H3;6-9,11-12H,5H2,1-4H3;/q2*-1;. The molecule has 207 valence electrons. The molecule has 2 aromatic heterocycles. The zero-order valence-corrected chi connectivity index (χ0v) is 27.7. The van der Waals surface area contributed by atoms with E-state index in [1.165, 1.54) is 27.4 Å². The maximum absolute atomic E-state index is 4.63. The summed E-state index contributed by atoms with van der Waals surface area (Å²) < 4.78 is 0. The monoisotopic (exact) mass is 719 g/mol. The number of aromatic nitrogens is 2. The smallest absolute Gasteiger partial charge is 0.0798 e. The van der Waals surface area contributed by atoms with Crippen LogP contribution in [0.25, 0.3) is 33.6 Å². The predicted octanol–water partition coefficient (Wildman–Crippen LogP) is 8.99. The van der Waals surface area contributed by atoms with E-state index in [1.54, 1.807) is 0 Å². The summed E-state index contributed by atoms with van der Waals surface area (Å²) in [6.45, 7) is 13.7. The number of aryl methyl sites for hydroxylation is 1. The molecular formula is C36H38IrN2Si-2. The van der Waals surface area contributed by atoms with Crippen LogP contribution in [0.1, 0.15) is 37.8 Å². The third-order valence-corrected chi connectivity index (χ3v) is 8.87. The molecule has 4 heteroatoms. The van der Waals surface area contributed by atoms with Gasteiger partial charge in [-0.05, 0) is 46.1 Å². The Morgan fingerprint density at radius 1 is 0.725 bits per heavy atom. The van der Waals surface area contributed by atoms with Crippen LogP contribution in [0.2, 0.25) is 19.6 Å². The molecule has 0 aliphatic carbocycles. The van der Waals surface area contributed by atoms with Gasteiger partial charge < -0.3 is 9.97 Å². The molecule has 5 aromatic rings. The van der Waals surface area contributed by atoms with E-state index >= 15 is 0 Å². The molecule has 0 saturated heterocycles. The van der Waals surface area contributed by atoms with Crippen molar-refractivity contribution in [2.75, 3.05) is 0 Å². The maximum Gasteiger partial charge on any atom is 0.0798 e. The molecule has 0 saturated carbocycles. The van der Waals surface area contributed by atoms with Gasteiger partial charge in [0.25, 0.3) is 0 Å². The third kappa shape index (κ3) is 8.17. The second kappa shape index (κ2) is 14.5. The SMILES string of the molecule is CC(C)c1cc[c-]c(-c2cc(-c3ccccc3)ccn2)c1.CCc1cc(-c2[c-]cccc2)ncc1[Si](C)(C)C.[Ir]. The fourth-order valence-electron chi connectivity index (χ4n) is 4.54. The van der Waals surface area contributed by atoms with Crippen LogP contribution in [0.4, 0.5) is 0 Å². The van der Waals surface area contributed by atoms with Gasteiger partial charge in [0.05, 0.1) is 8.07 Å². The van der Waals surface area contributed by atoms with Crippen molar-refractivity contribution in [3.05, 3.63) is 127 Å². The summed E-state index contributed by atoms with van der Waals surface area (Å²) >= 11 is 0. The molecule has 0 fully saturated rings. The number of benzene rings is 3. The molecule has 2 nitrogen and oxygen atoms in total. The van der Waals surface area contributed by atoms with Crippen molar-refractivity contribution in [3.8, 4) is 33.6 Å². The number of hydrogen-bond donors (Lipinski definition) is 0. The van der Waals surface area contributed by atoms with E-state index in [1.807, 2.05) is 42.6 Å². The Labute approximate surface area is 255 Å². The molecule has 2 heterocycles. The van der Waals surface area contributed by atoms with E-state index in [9.17, 15) is 0 Å². The maximum atomic E-state index is 4.63. The molecule has 40 heavy (non-hydrogen) atoms. The minimum Gasteiger partial charge on any atom is -0.305 e. The van der Waals surface area contributed by atoms with Crippen LogP contribution in [0.5, 0.6) is 0 Å². The molecule has 0 atom stereocenters. The van der Waals surface area contributed by atoms with Crippen molar-refractivity contribution in [2.45, 2.75) is 52.8 Å². The number of rotatable bonds is 6. The third-order valence-electron chi connectivity index (χ3n) is 6.80. The average molecular weight is 719 g/mol. The fraction of sp³-hybridized carbons (Fsp3) is 0.222. The van der Waals surface area contributed by atoms with Crippen LogP contribution < -0.4 is 5.19 Å². The van der Waals surface area contributed by atoms with E-state index in [2.05, 4.69) is 123 Å². The second-order valence-corrected chi connectivity index (χ2v) is 16.1. The van der Waals surface area contributed by atoms with Crippen LogP contribution in [-0.4, -0.2) is 18.0 Å². The zero-order valence-electron chi connectivity index (χ0n) is 24.3. The van der Waals surface area contributed by atoms with E-state index < -0.39 is 8.07 Å². The Balaban J connectivity index is 0.000000218. The number of hydrogen-bond acceptors (Lipinski definition) is 2. The summed E-state index contributed by atoms with van der Waals surface area (Å²) in [5.41, 5.74) is 9.29. The number of nitrogens with zero attached hydrogens (tertiary/aromatic N) is 2. The Kier molecular flexibility index (Phi) is 11.3. The quantitative estimate of drug-likeness (QED) is 0.129. The largest absolute Gasteiger partial charge is 0.305 e. The van der Waals surface area contributed by atoms with Gasteiger partial charge in [-0.3, -0.25) is 0 Å². The van der Waals surface area contributed by atoms with Crippen LogP contribution >= 0.6 is 0 Å². The first-order valence-electron chi connectivity index (χ1n) is 13.8. The van der Waals surface area contributed by atoms with E-state index in [-0.39, 0.29) is 20.1 Å². The number of pyridine rings is 2. The molecular weight excluding hydrogens is 681 g/mol. The van der Waals surface area contributed by atoms with Crippen LogP contribution in [-0.2, 0) is 26.5 Å².